The van der Waals surface area contributed by atoms with E-state index in [0.717, 1.165) is 16.8 Å². The molecule has 19 heavy (non-hydrogen) atoms. The minimum Gasteiger partial charge on any atom is -0.436 e. The molecule has 0 N–H and O–H groups in total. The minimum atomic E-state index is -0.260. The molecule has 0 aliphatic heterocycles. The van der Waals surface area contributed by atoms with E-state index in [-0.39, 0.29) is 5.82 Å². The van der Waals surface area contributed by atoms with E-state index >= 15 is 0 Å². The fourth-order valence-electron chi connectivity index (χ4n) is 1.97. The van der Waals surface area contributed by atoms with Crippen LogP contribution in [0.5, 0.6) is 0 Å². The largest absolute Gasteiger partial charge is 0.436 e. The van der Waals surface area contributed by atoms with Crippen molar-refractivity contribution in [1.82, 2.24) is 4.98 Å². The quantitative estimate of drug-likeness (QED) is 0.674. The van der Waals surface area contributed by atoms with Gasteiger partial charge in [0.2, 0.25) is 5.89 Å². The van der Waals surface area contributed by atoms with Crippen LogP contribution in [0.3, 0.4) is 0 Å². The molecule has 2 aromatic carbocycles. The van der Waals surface area contributed by atoms with Crippen LogP contribution in [0.4, 0.5) is 4.39 Å². The number of aromatic nitrogens is 1. The zero-order chi connectivity index (χ0) is 13.2. The van der Waals surface area contributed by atoms with E-state index in [1.165, 1.54) is 12.1 Å². The third-order valence-corrected chi connectivity index (χ3v) is 2.92. The molecule has 0 fully saturated rings. The Labute approximate surface area is 110 Å². The minimum absolute atomic E-state index is 0.260. The van der Waals surface area contributed by atoms with Crippen molar-refractivity contribution in [2.24, 2.45) is 0 Å². The van der Waals surface area contributed by atoms with Crippen molar-refractivity contribution in [2.75, 3.05) is 0 Å². The van der Waals surface area contributed by atoms with Gasteiger partial charge in [0, 0.05) is 11.1 Å². The van der Waals surface area contributed by atoms with Gasteiger partial charge in [-0.05, 0) is 43.3 Å². The van der Waals surface area contributed by atoms with Gasteiger partial charge in [0.1, 0.15) is 5.82 Å². The molecule has 3 rings (SSSR count). The molecule has 0 unspecified atom stereocenters. The molecule has 3 aromatic rings. The van der Waals surface area contributed by atoms with Gasteiger partial charge in [-0.25, -0.2) is 9.37 Å². The summed E-state index contributed by atoms with van der Waals surface area (Å²) in [4.78, 5) is 4.42. The van der Waals surface area contributed by atoms with Crippen molar-refractivity contribution < 1.29 is 8.81 Å². The lowest BCUT2D eigenvalue weighted by Gasteiger charge is -1.97. The first kappa shape index (κ1) is 11.7. The highest BCUT2D eigenvalue weighted by atomic mass is 19.1. The molecule has 0 saturated carbocycles. The SMILES string of the molecule is Cc1nc(-c2ccccc2)oc1-c1ccc(F)cc1. The first-order valence-corrected chi connectivity index (χ1v) is 6.03. The van der Waals surface area contributed by atoms with E-state index in [4.69, 9.17) is 4.42 Å². The second-order valence-corrected chi connectivity index (χ2v) is 4.31. The van der Waals surface area contributed by atoms with Gasteiger partial charge in [0.05, 0.1) is 5.69 Å². The van der Waals surface area contributed by atoms with Crippen LogP contribution in [0.1, 0.15) is 5.69 Å². The molecule has 0 spiro atoms. The van der Waals surface area contributed by atoms with Crippen LogP contribution in [0.15, 0.2) is 59.0 Å². The number of hydrogen-bond acceptors (Lipinski definition) is 2. The van der Waals surface area contributed by atoms with Gasteiger partial charge in [-0.15, -0.1) is 0 Å². The maximum atomic E-state index is 12.9. The maximum Gasteiger partial charge on any atom is 0.226 e. The Morgan fingerprint density at radius 2 is 1.58 bits per heavy atom. The first-order valence-electron chi connectivity index (χ1n) is 6.03. The molecule has 0 bridgehead atoms. The fraction of sp³-hybridized carbons (Fsp3) is 0.0625. The summed E-state index contributed by atoms with van der Waals surface area (Å²) in [5.41, 5.74) is 2.55. The summed E-state index contributed by atoms with van der Waals surface area (Å²) in [5.74, 6) is 1.00. The molecule has 1 heterocycles. The van der Waals surface area contributed by atoms with Crippen molar-refractivity contribution in [3.63, 3.8) is 0 Å². The molecular weight excluding hydrogens is 241 g/mol. The van der Waals surface area contributed by atoms with Crippen LogP contribution in [-0.2, 0) is 0 Å². The van der Waals surface area contributed by atoms with Gasteiger partial charge in [-0.2, -0.15) is 0 Å². The summed E-state index contributed by atoms with van der Waals surface area (Å²) in [7, 11) is 0. The van der Waals surface area contributed by atoms with Gasteiger partial charge in [-0.1, -0.05) is 18.2 Å². The van der Waals surface area contributed by atoms with E-state index in [2.05, 4.69) is 4.98 Å². The highest BCUT2D eigenvalue weighted by Crippen LogP contribution is 2.29. The van der Waals surface area contributed by atoms with Gasteiger partial charge < -0.3 is 4.42 Å². The molecule has 0 radical (unpaired) electrons. The Morgan fingerprint density at radius 1 is 0.895 bits per heavy atom. The fourth-order valence-corrected chi connectivity index (χ4v) is 1.97. The smallest absolute Gasteiger partial charge is 0.226 e. The lowest BCUT2D eigenvalue weighted by atomic mass is 10.1. The molecular formula is C16H12FNO. The highest BCUT2D eigenvalue weighted by Gasteiger charge is 2.12. The lowest BCUT2D eigenvalue weighted by molar-refractivity contribution is 0.587. The number of nitrogens with zero attached hydrogens (tertiary/aromatic N) is 1. The predicted octanol–water partition coefficient (Wildman–Crippen LogP) is 4.46. The predicted molar refractivity (Wildman–Crippen MR) is 72.1 cm³/mol. The summed E-state index contributed by atoms with van der Waals surface area (Å²) in [6.07, 6.45) is 0. The number of aryl methyl sites for hydroxylation is 1. The van der Waals surface area contributed by atoms with Crippen LogP contribution in [-0.4, -0.2) is 4.98 Å². The second kappa shape index (κ2) is 4.69. The summed E-state index contributed by atoms with van der Waals surface area (Å²) in [6, 6.07) is 15.9. The van der Waals surface area contributed by atoms with Crippen LogP contribution >= 0.6 is 0 Å². The van der Waals surface area contributed by atoms with E-state index in [0.29, 0.717) is 11.7 Å². The number of rotatable bonds is 2. The Balaban J connectivity index is 2.05. The van der Waals surface area contributed by atoms with Crippen molar-refractivity contribution in [3.8, 4) is 22.8 Å². The van der Waals surface area contributed by atoms with Gasteiger partial charge in [0.25, 0.3) is 0 Å². The zero-order valence-electron chi connectivity index (χ0n) is 10.4. The van der Waals surface area contributed by atoms with Crippen molar-refractivity contribution in [3.05, 3.63) is 66.1 Å². The number of oxazole rings is 1. The molecule has 0 aliphatic rings. The van der Waals surface area contributed by atoms with Crippen molar-refractivity contribution >= 4 is 0 Å². The molecule has 94 valence electrons. The number of halogens is 1. The Bertz CT molecular complexity index is 687. The third kappa shape index (κ3) is 2.27. The maximum absolute atomic E-state index is 12.9. The summed E-state index contributed by atoms with van der Waals surface area (Å²) in [5, 5.41) is 0. The molecule has 3 heteroatoms. The molecule has 1 aromatic heterocycles. The summed E-state index contributed by atoms with van der Waals surface area (Å²) < 4.78 is 18.7. The third-order valence-electron chi connectivity index (χ3n) is 2.92. The van der Waals surface area contributed by atoms with Gasteiger partial charge in [-0.3, -0.25) is 0 Å². The van der Waals surface area contributed by atoms with E-state index < -0.39 is 0 Å². The molecule has 0 aliphatic carbocycles. The van der Waals surface area contributed by atoms with E-state index in [9.17, 15) is 4.39 Å². The Hall–Kier alpha value is -2.42. The lowest BCUT2D eigenvalue weighted by Crippen LogP contribution is -1.79. The number of benzene rings is 2. The van der Waals surface area contributed by atoms with Gasteiger partial charge in [0.15, 0.2) is 5.76 Å². The number of hydrogen-bond donors (Lipinski definition) is 0. The molecule has 0 amide bonds. The van der Waals surface area contributed by atoms with E-state index in [1.54, 1.807) is 12.1 Å². The second-order valence-electron chi connectivity index (χ2n) is 4.31. The van der Waals surface area contributed by atoms with E-state index in [1.807, 2.05) is 37.3 Å². The van der Waals surface area contributed by atoms with Crippen LogP contribution in [0.25, 0.3) is 22.8 Å². The van der Waals surface area contributed by atoms with Crippen LogP contribution < -0.4 is 0 Å². The molecule has 0 saturated heterocycles. The molecule has 2 nitrogen and oxygen atoms in total. The monoisotopic (exact) mass is 253 g/mol. The highest BCUT2D eigenvalue weighted by molar-refractivity contribution is 5.63. The van der Waals surface area contributed by atoms with Gasteiger partial charge >= 0.3 is 0 Å². The standard InChI is InChI=1S/C16H12FNO/c1-11-15(12-7-9-14(17)10-8-12)19-16(18-11)13-5-3-2-4-6-13/h2-10H,1H3. The topological polar surface area (TPSA) is 26.0 Å². The Morgan fingerprint density at radius 3 is 2.26 bits per heavy atom. The first-order chi connectivity index (χ1) is 9.24. The van der Waals surface area contributed by atoms with Crippen LogP contribution in [0.2, 0.25) is 0 Å². The summed E-state index contributed by atoms with van der Waals surface area (Å²) in [6.45, 7) is 1.88. The van der Waals surface area contributed by atoms with Crippen molar-refractivity contribution in [2.45, 2.75) is 6.92 Å². The Kier molecular flexibility index (Phi) is 2.88. The van der Waals surface area contributed by atoms with Crippen LogP contribution in [0, 0.1) is 12.7 Å². The normalized spacial score (nSPS) is 10.6. The molecule has 0 atom stereocenters. The zero-order valence-corrected chi connectivity index (χ0v) is 10.4. The summed E-state index contributed by atoms with van der Waals surface area (Å²) >= 11 is 0. The average molecular weight is 253 g/mol. The van der Waals surface area contributed by atoms with Crippen molar-refractivity contribution in [1.29, 1.82) is 0 Å². The average Bonchev–Trinajstić information content (AvgIpc) is 2.83.